The lowest BCUT2D eigenvalue weighted by Crippen LogP contribution is -2.30. The van der Waals surface area contributed by atoms with Crippen molar-refractivity contribution in [3.63, 3.8) is 0 Å². The average molecular weight is 512 g/mol. The molecule has 0 atom stereocenters. The second kappa shape index (κ2) is 11.3. The van der Waals surface area contributed by atoms with Crippen molar-refractivity contribution in [2.75, 3.05) is 11.4 Å². The molecule has 0 aliphatic rings. The first kappa shape index (κ1) is 26.1. The molecular weight excluding hydrogens is 487 g/mol. The normalized spacial score (nSPS) is 12.1. The van der Waals surface area contributed by atoms with Crippen LogP contribution in [0.5, 0.6) is 0 Å². The number of hydrogen-bond acceptors (Lipinski definition) is 8. The topological polar surface area (TPSA) is 119 Å². The molecule has 1 aromatic carbocycles. The molecule has 35 heavy (non-hydrogen) atoms. The predicted octanol–water partition coefficient (Wildman–Crippen LogP) is 4.64. The second-order valence-corrected chi connectivity index (χ2v) is 8.47. The molecular formula is C21H24F3N7O3S. The van der Waals surface area contributed by atoms with E-state index in [9.17, 15) is 23.1 Å². The number of thiazole rings is 1. The Kier molecular flexibility index (Phi) is 8.38. The molecule has 2 aromatic heterocycles. The van der Waals surface area contributed by atoms with Gasteiger partial charge in [-0.1, -0.05) is 37.1 Å². The van der Waals surface area contributed by atoms with Gasteiger partial charge < -0.3 is 9.94 Å². The number of tetrazole rings is 1. The van der Waals surface area contributed by atoms with Gasteiger partial charge in [-0.15, -0.1) is 16.4 Å². The van der Waals surface area contributed by atoms with Gasteiger partial charge in [0, 0.05) is 24.5 Å². The molecule has 0 saturated heterocycles. The van der Waals surface area contributed by atoms with Crippen LogP contribution in [0, 0.1) is 6.92 Å². The minimum atomic E-state index is -4.55. The number of alkyl halides is 3. The highest BCUT2D eigenvalue weighted by Crippen LogP contribution is 2.33. The molecule has 2 heterocycles. The maximum atomic E-state index is 13.4. The van der Waals surface area contributed by atoms with Crippen LogP contribution in [-0.4, -0.2) is 48.6 Å². The minimum Gasteiger partial charge on any atom is -0.465 e. The number of unbranched alkanes of at least 4 members (excludes halogenated alkanes) is 2. The number of halogens is 3. The number of oxime groups is 1. The Hall–Kier alpha value is -3.55. The zero-order chi connectivity index (χ0) is 25.6. The molecule has 0 radical (unpaired) electrons. The largest absolute Gasteiger partial charge is 0.465 e. The Morgan fingerprint density at radius 3 is 2.71 bits per heavy atom. The minimum absolute atomic E-state index is 0.00480. The van der Waals surface area contributed by atoms with Gasteiger partial charge in [0.2, 0.25) is 5.82 Å². The third-order valence-electron chi connectivity index (χ3n) is 5.00. The summed E-state index contributed by atoms with van der Waals surface area (Å²) in [5.74, 6) is 0.105. The van der Waals surface area contributed by atoms with E-state index >= 15 is 0 Å². The number of amides is 1. The Labute approximate surface area is 203 Å². The number of nitrogens with zero attached hydrogens (tertiary/aromatic N) is 7. The predicted molar refractivity (Wildman–Crippen MR) is 122 cm³/mol. The van der Waals surface area contributed by atoms with E-state index in [0.717, 1.165) is 30.2 Å². The van der Waals surface area contributed by atoms with Gasteiger partial charge in [-0.25, -0.2) is 14.5 Å². The van der Waals surface area contributed by atoms with Crippen LogP contribution in [0.25, 0.3) is 0 Å². The highest BCUT2D eigenvalue weighted by molar-refractivity contribution is 7.14. The molecule has 0 bridgehead atoms. The lowest BCUT2D eigenvalue weighted by Gasteiger charge is -2.15. The van der Waals surface area contributed by atoms with E-state index in [2.05, 4.69) is 25.7 Å². The quantitative estimate of drug-likeness (QED) is 0.239. The summed E-state index contributed by atoms with van der Waals surface area (Å²) in [6, 6.07) is 3.78. The third-order valence-corrected chi connectivity index (χ3v) is 5.92. The molecule has 0 fully saturated rings. The summed E-state index contributed by atoms with van der Waals surface area (Å²) in [5.41, 5.74) is -0.197. The van der Waals surface area contributed by atoms with E-state index in [4.69, 9.17) is 4.84 Å². The lowest BCUT2D eigenvalue weighted by molar-refractivity contribution is -0.138. The van der Waals surface area contributed by atoms with Gasteiger partial charge in [-0.05, 0) is 35.4 Å². The maximum absolute atomic E-state index is 13.4. The second-order valence-electron chi connectivity index (χ2n) is 7.63. The van der Waals surface area contributed by atoms with Gasteiger partial charge in [0.1, 0.15) is 0 Å². The summed E-state index contributed by atoms with van der Waals surface area (Å²) >= 11 is 1.15. The van der Waals surface area contributed by atoms with E-state index in [1.54, 1.807) is 5.38 Å². The molecule has 0 aliphatic carbocycles. The highest BCUT2D eigenvalue weighted by atomic mass is 32.1. The van der Waals surface area contributed by atoms with Crippen molar-refractivity contribution < 1.29 is 27.9 Å². The number of aryl methyl sites for hydroxylation is 2. The molecule has 0 spiro atoms. The first-order valence-electron chi connectivity index (χ1n) is 10.7. The van der Waals surface area contributed by atoms with E-state index in [1.807, 2.05) is 6.92 Å². The van der Waals surface area contributed by atoms with Crippen LogP contribution in [0.15, 0.2) is 28.7 Å². The van der Waals surface area contributed by atoms with Crippen molar-refractivity contribution in [3.8, 4) is 0 Å². The number of carbonyl (C=O) groups is 1. The Bertz CT molecular complexity index is 1190. The number of benzene rings is 1. The number of hydrogen-bond donors (Lipinski definition) is 1. The first-order valence-corrected chi connectivity index (χ1v) is 11.6. The number of aromatic nitrogens is 5. The van der Waals surface area contributed by atoms with Crippen LogP contribution in [-0.2, 0) is 24.7 Å². The van der Waals surface area contributed by atoms with Crippen molar-refractivity contribution >= 4 is 28.3 Å². The summed E-state index contributed by atoms with van der Waals surface area (Å²) in [6.07, 6.45) is -3.08. The third kappa shape index (κ3) is 6.53. The van der Waals surface area contributed by atoms with Crippen LogP contribution in [0.4, 0.5) is 23.1 Å². The smallest absolute Gasteiger partial charge is 0.416 e. The SMILES string of the molecule is CCCCCN(C(=O)O)c1nc(CON=C(c2ccc(C)c(C(F)(F)F)c2)c2nnnn2C)cs1. The Morgan fingerprint density at radius 1 is 1.31 bits per heavy atom. The summed E-state index contributed by atoms with van der Waals surface area (Å²) in [7, 11) is 1.52. The summed E-state index contributed by atoms with van der Waals surface area (Å²) in [5, 5.41) is 26.5. The van der Waals surface area contributed by atoms with E-state index in [-0.39, 0.29) is 29.3 Å². The fourth-order valence-electron chi connectivity index (χ4n) is 3.17. The fraction of sp³-hybridized carbons (Fsp3) is 0.429. The van der Waals surface area contributed by atoms with Crippen LogP contribution in [0.2, 0.25) is 0 Å². The zero-order valence-corrected chi connectivity index (χ0v) is 20.1. The van der Waals surface area contributed by atoms with Crippen molar-refractivity contribution in [2.24, 2.45) is 12.2 Å². The molecule has 188 valence electrons. The first-order chi connectivity index (χ1) is 16.6. The Morgan fingerprint density at radius 2 is 2.09 bits per heavy atom. The number of rotatable bonds is 10. The average Bonchev–Trinajstić information content (AvgIpc) is 3.43. The van der Waals surface area contributed by atoms with Crippen LogP contribution >= 0.6 is 11.3 Å². The standard InChI is InChI=1S/C21H24F3N7O3S/c1-4-5-6-9-31(20(32)33)19-25-15(12-35-19)11-34-27-17(18-26-28-29-30(18)3)14-8-7-13(2)16(10-14)21(22,23)24/h7-8,10,12H,4-6,9,11H2,1-3H3,(H,32,33). The van der Waals surface area contributed by atoms with Crippen molar-refractivity contribution in [3.05, 3.63) is 51.8 Å². The monoisotopic (exact) mass is 511 g/mol. The van der Waals surface area contributed by atoms with Gasteiger partial charge >= 0.3 is 12.3 Å². The molecule has 0 aliphatic heterocycles. The molecule has 1 amide bonds. The van der Waals surface area contributed by atoms with Gasteiger partial charge in [0.05, 0.1) is 11.3 Å². The molecule has 10 nitrogen and oxygen atoms in total. The van der Waals surface area contributed by atoms with Crippen LogP contribution in [0.1, 0.15) is 54.4 Å². The number of carboxylic acid groups (broad SMARTS) is 1. The molecule has 3 aromatic rings. The fourth-order valence-corrected chi connectivity index (χ4v) is 4.00. The zero-order valence-electron chi connectivity index (χ0n) is 19.3. The van der Waals surface area contributed by atoms with Crippen LogP contribution in [0.3, 0.4) is 0 Å². The Balaban J connectivity index is 1.83. The van der Waals surface area contributed by atoms with E-state index in [0.29, 0.717) is 23.8 Å². The summed E-state index contributed by atoms with van der Waals surface area (Å²) in [4.78, 5) is 22.5. The number of anilines is 1. The molecule has 3 rings (SSSR count). The molecule has 0 unspecified atom stereocenters. The molecule has 0 saturated carbocycles. The summed E-state index contributed by atoms with van der Waals surface area (Å²) in [6.45, 7) is 3.59. The molecule has 14 heteroatoms. The van der Waals surface area contributed by atoms with Crippen molar-refractivity contribution in [2.45, 2.75) is 45.9 Å². The highest BCUT2D eigenvalue weighted by Gasteiger charge is 2.33. The summed E-state index contributed by atoms with van der Waals surface area (Å²) < 4.78 is 41.6. The van der Waals surface area contributed by atoms with Gasteiger partial charge in [0.25, 0.3) is 0 Å². The maximum Gasteiger partial charge on any atom is 0.416 e. The van der Waals surface area contributed by atoms with Gasteiger partial charge in [-0.3, -0.25) is 4.90 Å². The van der Waals surface area contributed by atoms with E-state index < -0.39 is 17.8 Å². The van der Waals surface area contributed by atoms with E-state index in [1.165, 1.54) is 35.7 Å². The van der Waals surface area contributed by atoms with Crippen molar-refractivity contribution in [1.82, 2.24) is 25.2 Å². The van der Waals surface area contributed by atoms with Gasteiger partial charge in [0.15, 0.2) is 17.5 Å². The van der Waals surface area contributed by atoms with Crippen molar-refractivity contribution in [1.29, 1.82) is 0 Å². The molecule has 1 N–H and O–H groups in total. The van der Waals surface area contributed by atoms with Crippen LogP contribution < -0.4 is 4.90 Å². The van der Waals surface area contributed by atoms with Gasteiger partial charge in [-0.2, -0.15) is 13.2 Å². The lowest BCUT2D eigenvalue weighted by atomic mass is 10.0.